The van der Waals surface area contributed by atoms with Crippen LogP contribution in [-0.2, 0) is 11.0 Å². The minimum atomic E-state index is -4.52. The molecule has 9 heteroatoms. The van der Waals surface area contributed by atoms with E-state index in [0.717, 1.165) is 57.3 Å². The maximum atomic E-state index is 12.8. The van der Waals surface area contributed by atoms with E-state index in [1.807, 2.05) is 0 Å². The molecular weight excluding hydrogens is 385 g/mol. The first-order chi connectivity index (χ1) is 13.7. The second kappa shape index (κ2) is 9.13. The zero-order valence-electron chi connectivity index (χ0n) is 16.2. The Hall–Kier alpha value is -2.13. The average Bonchev–Trinajstić information content (AvgIpc) is 3.14. The summed E-state index contributed by atoms with van der Waals surface area (Å²) < 4.78 is 38.3. The monoisotopic (exact) mass is 412 g/mol. The molecule has 1 aliphatic heterocycles. The van der Waals surface area contributed by atoms with E-state index in [1.165, 1.54) is 12.1 Å². The summed E-state index contributed by atoms with van der Waals surface area (Å²) in [5.74, 6) is -1.05. The van der Waals surface area contributed by atoms with Crippen LogP contribution in [0.2, 0.25) is 0 Å². The smallest absolute Gasteiger partial charge is 0.350 e. The van der Waals surface area contributed by atoms with Crippen molar-refractivity contribution in [1.82, 2.24) is 15.5 Å². The van der Waals surface area contributed by atoms with Crippen molar-refractivity contribution < 1.29 is 22.8 Å². The maximum Gasteiger partial charge on any atom is 0.416 e. The van der Waals surface area contributed by atoms with Crippen molar-refractivity contribution in [1.29, 1.82) is 0 Å². The van der Waals surface area contributed by atoms with Gasteiger partial charge in [-0.3, -0.25) is 14.5 Å². The minimum Gasteiger partial charge on any atom is -0.350 e. The Bertz CT molecular complexity index is 733. The number of rotatable bonds is 5. The molecule has 0 aromatic heterocycles. The van der Waals surface area contributed by atoms with Crippen molar-refractivity contribution in [2.24, 2.45) is 5.73 Å². The predicted octanol–water partition coefficient (Wildman–Crippen LogP) is 1.90. The van der Waals surface area contributed by atoms with Crippen LogP contribution in [0.15, 0.2) is 24.3 Å². The molecule has 6 nitrogen and oxygen atoms in total. The summed E-state index contributed by atoms with van der Waals surface area (Å²) in [5, 5.41) is 5.28. The molecule has 1 atom stereocenters. The predicted molar refractivity (Wildman–Crippen MR) is 102 cm³/mol. The quantitative estimate of drug-likeness (QED) is 0.689. The van der Waals surface area contributed by atoms with Gasteiger partial charge in [-0.15, -0.1) is 0 Å². The summed E-state index contributed by atoms with van der Waals surface area (Å²) >= 11 is 0. The molecule has 0 bridgehead atoms. The van der Waals surface area contributed by atoms with Gasteiger partial charge in [0, 0.05) is 36.8 Å². The topological polar surface area (TPSA) is 87.5 Å². The third kappa shape index (κ3) is 5.93. The highest BCUT2D eigenvalue weighted by Crippen LogP contribution is 2.29. The second-order valence-corrected chi connectivity index (χ2v) is 7.88. The van der Waals surface area contributed by atoms with Crippen molar-refractivity contribution in [3.63, 3.8) is 0 Å². The number of alkyl halides is 3. The number of nitrogens with one attached hydrogen (secondary N) is 2. The molecule has 2 amide bonds. The molecule has 3 rings (SSSR count). The van der Waals surface area contributed by atoms with Gasteiger partial charge in [-0.25, -0.2) is 0 Å². The first-order valence-corrected chi connectivity index (χ1v) is 9.97. The molecule has 2 fully saturated rings. The van der Waals surface area contributed by atoms with Crippen molar-refractivity contribution in [3.8, 4) is 0 Å². The number of hydrogen-bond acceptors (Lipinski definition) is 4. The fraction of sp³-hybridized carbons (Fsp3) is 0.600. The van der Waals surface area contributed by atoms with Gasteiger partial charge in [0.25, 0.3) is 5.91 Å². The highest BCUT2D eigenvalue weighted by atomic mass is 19.4. The summed E-state index contributed by atoms with van der Waals surface area (Å²) in [6.45, 7) is 1.42. The van der Waals surface area contributed by atoms with Crippen LogP contribution < -0.4 is 16.4 Å². The lowest BCUT2D eigenvalue weighted by atomic mass is 9.91. The van der Waals surface area contributed by atoms with Crippen molar-refractivity contribution in [2.75, 3.05) is 19.6 Å². The Labute approximate surface area is 168 Å². The SMILES string of the molecule is NC1CCC(N2CCC(NC(=O)CNC(=O)c3cccc(C(F)(F)F)c3)C2)CC1. The zero-order chi connectivity index (χ0) is 21.0. The molecule has 0 radical (unpaired) electrons. The molecule has 1 unspecified atom stereocenters. The molecule has 1 saturated carbocycles. The van der Waals surface area contributed by atoms with E-state index in [2.05, 4.69) is 15.5 Å². The van der Waals surface area contributed by atoms with Crippen LogP contribution in [-0.4, -0.2) is 54.5 Å². The third-order valence-corrected chi connectivity index (χ3v) is 5.70. The Morgan fingerprint density at radius 2 is 1.86 bits per heavy atom. The van der Waals surface area contributed by atoms with Crippen LogP contribution >= 0.6 is 0 Å². The van der Waals surface area contributed by atoms with E-state index in [0.29, 0.717) is 12.1 Å². The first kappa shape index (κ1) is 21.6. The van der Waals surface area contributed by atoms with Crippen molar-refractivity contribution >= 4 is 11.8 Å². The van der Waals surface area contributed by atoms with Gasteiger partial charge in [0.2, 0.25) is 5.91 Å². The van der Waals surface area contributed by atoms with Gasteiger partial charge in [0.15, 0.2) is 0 Å². The lowest BCUT2D eigenvalue weighted by Crippen LogP contribution is -2.45. The minimum absolute atomic E-state index is 0.0172. The van der Waals surface area contributed by atoms with Crippen LogP contribution in [0, 0.1) is 0 Å². The summed E-state index contributed by atoms with van der Waals surface area (Å²) in [4.78, 5) is 26.6. The van der Waals surface area contributed by atoms with Crippen LogP contribution in [0.25, 0.3) is 0 Å². The van der Waals surface area contributed by atoms with E-state index < -0.39 is 17.6 Å². The van der Waals surface area contributed by atoms with E-state index in [9.17, 15) is 22.8 Å². The molecule has 0 spiro atoms. The summed E-state index contributed by atoms with van der Waals surface area (Å²) in [6.07, 6.45) is 0.532. The van der Waals surface area contributed by atoms with Gasteiger partial charge < -0.3 is 16.4 Å². The third-order valence-electron chi connectivity index (χ3n) is 5.70. The van der Waals surface area contributed by atoms with E-state index >= 15 is 0 Å². The number of hydrogen-bond donors (Lipinski definition) is 3. The van der Waals surface area contributed by atoms with Crippen molar-refractivity contribution in [2.45, 2.75) is 56.4 Å². The fourth-order valence-corrected chi connectivity index (χ4v) is 4.08. The molecule has 1 aromatic carbocycles. The van der Waals surface area contributed by atoms with Crippen LogP contribution in [0.1, 0.15) is 48.0 Å². The molecule has 1 aromatic rings. The van der Waals surface area contributed by atoms with Gasteiger partial charge in [-0.05, 0) is 50.3 Å². The van der Waals surface area contributed by atoms with Gasteiger partial charge in [-0.1, -0.05) is 6.07 Å². The molecule has 2 aliphatic rings. The van der Waals surface area contributed by atoms with Crippen LogP contribution in [0.3, 0.4) is 0 Å². The molecule has 29 heavy (non-hydrogen) atoms. The Morgan fingerprint density at radius 1 is 1.14 bits per heavy atom. The largest absolute Gasteiger partial charge is 0.416 e. The fourth-order valence-electron chi connectivity index (χ4n) is 4.08. The molecule has 1 saturated heterocycles. The van der Waals surface area contributed by atoms with Gasteiger partial charge >= 0.3 is 6.18 Å². The summed E-state index contributed by atoms with van der Waals surface area (Å²) in [5.41, 5.74) is 4.92. The number of amides is 2. The zero-order valence-corrected chi connectivity index (χ0v) is 16.2. The number of benzene rings is 1. The Morgan fingerprint density at radius 3 is 2.55 bits per heavy atom. The van der Waals surface area contributed by atoms with Crippen LogP contribution in [0.5, 0.6) is 0 Å². The Balaban J connectivity index is 1.43. The number of carbonyl (C=O) groups excluding carboxylic acids is 2. The number of halogens is 3. The normalized spacial score (nSPS) is 25.6. The average molecular weight is 412 g/mol. The lowest BCUT2D eigenvalue weighted by Gasteiger charge is -2.33. The number of nitrogens with zero attached hydrogens (tertiary/aromatic N) is 1. The van der Waals surface area contributed by atoms with E-state index in [4.69, 9.17) is 5.73 Å². The number of nitrogens with two attached hydrogens (primary N) is 1. The first-order valence-electron chi connectivity index (χ1n) is 9.97. The second-order valence-electron chi connectivity index (χ2n) is 7.88. The highest BCUT2D eigenvalue weighted by molar-refractivity contribution is 5.96. The summed E-state index contributed by atoms with van der Waals surface area (Å²) in [6, 6.07) is 4.95. The summed E-state index contributed by atoms with van der Waals surface area (Å²) in [7, 11) is 0. The van der Waals surface area contributed by atoms with Crippen LogP contribution in [0.4, 0.5) is 13.2 Å². The molecule has 160 valence electrons. The van der Waals surface area contributed by atoms with E-state index in [1.54, 1.807) is 0 Å². The van der Waals surface area contributed by atoms with Gasteiger partial charge in [-0.2, -0.15) is 13.2 Å². The molecule has 4 N–H and O–H groups in total. The van der Waals surface area contributed by atoms with Gasteiger partial charge in [0.05, 0.1) is 12.1 Å². The lowest BCUT2D eigenvalue weighted by molar-refractivity contribution is -0.137. The standard InChI is InChI=1S/C20H27F3N4O2/c21-20(22,23)14-3-1-2-13(10-14)19(29)25-11-18(28)26-16-8-9-27(12-16)17-6-4-15(24)5-7-17/h1-3,10,15-17H,4-9,11-12,24H2,(H,25,29)(H,26,28). The number of likely N-dealkylation sites (tertiary alicyclic amines) is 1. The number of carbonyl (C=O) groups is 2. The van der Waals surface area contributed by atoms with Crippen molar-refractivity contribution in [3.05, 3.63) is 35.4 Å². The Kier molecular flexibility index (Phi) is 6.79. The van der Waals surface area contributed by atoms with E-state index in [-0.39, 0.29) is 24.1 Å². The maximum absolute atomic E-state index is 12.8. The molecular formula is C20H27F3N4O2. The highest BCUT2D eigenvalue weighted by Gasteiger charge is 2.32. The molecule has 1 aliphatic carbocycles. The van der Waals surface area contributed by atoms with Gasteiger partial charge in [0.1, 0.15) is 0 Å². The molecule has 1 heterocycles.